The molecule has 1 aromatic heterocycles. The number of carbonyl (C=O) groups is 1. The Morgan fingerprint density at radius 2 is 1.90 bits per heavy atom. The summed E-state index contributed by atoms with van der Waals surface area (Å²) in [6.45, 7) is 4.59. The first-order chi connectivity index (χ1) is 10.1. The average molecular weight is 303 g/mol. The van der Waals surface area contributed by atoms with E-state index >= 15 is 0 Å². The van der Waals surface area contributed by atoms with E-state index in [0.29, 0.717) is 18.0 Å². The molecule has 0 aliphatic heterocycles. The Bertz CT molecular complexity index is 581. The van der Waals surface area contributed by atoms with E-state index < -0.39 is 0 Å². The third-order valence-electron chi connectivity index (χ3n) is 3.32. The third-order valence-corrected chi connectivity index (χ3v) is 3.62. The minimum atomic E-state index is 0.0231. The number of hydrogen-bond acceptors (Lipinski definition) is 2. The molecule has 4 heteroatoms. The Kier molecular flexibility index (Phi) is 5.34. The van der Waals surface area contributed by atoms with Gasteiger partial charge in [0.15, 0.2) is 0 Å². The van der Waals surface area contributed by atoms with Gasteiger partial charge in [-0.2, -0.15) is 0 Å². The summed E-state index contributed by atoms with van der Waals surface area (Å²) < 4.78 is 0. The molecule has 0 unspecified atom stereocenters. The van der Waals surface area contributed by atoms with E-state index in [2.05, 4.69) is 4.98 Å². The van der Waals surface area contributed by atoms with Gasteiger partial charge in [0, 0.05) is 36.4 Å². The summed E-state index contributed by atoms with van der Waals surface area (Å²) in [5.74, 6) is 0.480. The van der Waals surface area contributed by atoms with Crippen LogP contribution in [0.15, 0.2) is 48.8 Å². The van der Waals surface area contributed by atoms with Gasteiger partial charge >= 0.3 is 0 Å². The Hall–Kier alpha value is -1.87. The zero-order chi connectivity index (χ0) is 15.2. The molecule has 0 aliphatic carbocycles. The lowest BCUT2D eigenvalue weighted by Crippen LogP contribution is -2.36. The topological polar surface area (TPSA) is 33.2 Å². The van der Waals surface area contributed by atoms with Gasteiger partial charge in [0.05, 0.1) is 0 Å². The number of aromatic nitrogens is 1. The maximum atomic E-state index is 12.7. The van der Waals surface area contributed by atoms with Gasteiger partial charge in [-0.1, -0.05) is 18.2 Å². The minimum absolute atomic E-state index is 0.0231. The number of halogens is 1. The SMILES string of the molecule is CC(C)N(Cc1cccnc1)C(=O)c1ccc(CCl)cc1. The van der Waals surface area contributed by atoms with Crippen LogP contribution in [0, 0.1) is 0 Å². The van der Waals surface area contributed by atoms with Crippen molar-refractivity contribution < 1.29 is 4.79 Å². The van der Waals surface area contributed by atoms with Crippen molar-refractivity contribution >= 4 is 17.5 Å². The lowest BCUT2D eigenvalue weighted by molar-refractivity contribution is 0.0690. The van der Waals surface area contributed by atoms with Gasteiger partial charge in [-0.15, -0.1) is 11.6 Å². The van der Waals surface area contributed by atoms with E-state index in [9.17, 15) is 4.79 Å². The first kappa shape index (κ1) is 15.5. The molecular formula is C17H19ClN2O. The Balaban J connectivity index is 2.18. The summed E-state index contributed by atoms with van der Waals surface area (Å²) in [6.07, 6.45) is 3.52. The number of carbonyl (C=O) groups excluding carboxylic acids is 1. The fraction of sp³-hybridized carbons (Fsp3) is 0.294. The molecule has 0 atom stereocenters. The molecule has 1 aromatic carbocycles. The Labute approximate surface area is 130 Å². The smallest absolute Gasteiger partial charge is 0.254 e. The first-order valence-electron chi connectivity index (χ1n) is 6.96. The van der Waals surface area contributed by atoms with Crippen LogP contribution in [0.3, 0.4) is 0 Å². The predicted octanol–water partition coefficient (Wildman–Crippen LogP) is 3.87. The molecule has 0 N–H and O–H groups in total. The molecular weight excluding hydrogens is 284 g/mol. The maximum absolute atomic E-state index is 12.7. The van der Waals surface area contributed by atoms with E-state index in [4.69, 9.17) is 11.6 Å². The van der Waals surface area contributed by atoms with E-state index in [1.54, 1.807) is 12.4 Å². The van der Waals surface area contributed by atoms with Crippen LogP contribution < -0.4 is 0 Å². The highest BCUT2D eigenvalue weighted by Gasteiger charge is 2.19. The number of amides is 1. The fourth-order valence-electron chi connectivity index (χ4n) is 2.08. The largest absolute Gasteiger partial charge is 0.332 e. The number of pyridine rings is 1. The van der Waals surface area contributed by atoms with E-state index in [0.717, 1.165) is 11.1 Å². The van der Waals surface area contributed by atoms with Crippen molar-refractivity contribution in [3.8, 4) is 0 Å². The molecule has 0 saturated carbocycles. The van der Waals surface area contributed by atoms with Gasteiger partial charge in [0.1, 0.15) is 0 Å². The molecule has 110 valence electrons. The number of hydrogen-bond donors (Lipinski definition) is 0. The molecule has 3 nitrogen and oxygen atoms in total. The van der Waals surface area contributed by atoms with E-state index in [1.807, 2.05) is 55.1 Å². The second kappa shape index (κ2) is 7.23. The second-order valence-corrected chi connectivity index (χ2v) is 5.49. The van der Waals surface area contributed by atoms with Crippen LogP contribution in [0.2, 0.25) is 0 Å². The molecule has 21 heavy (non-hydrogen) atoms. The van der Waals surface area contributed by atoms with E-state index in [1.165, 1.54) is 0 Å². The minimum Gasteiger partial charge on any atom is -0.332 e. The van der Waals surface area contributed by atoms with Gasteiger partial charge in [0.25, 0.3) is 5.91 Å². The van der Waals surface area contributed by atoms with Crippen molar-refractivity contribution in [1.82, 2.24) is 9.88 Å². The average Bonchev–Trinajstić information content (AvgIpc) is 2.53. The van der Waals surface area contributed by atoms with Crippen molar-refractivity contribution in [2.45, 2.75) is 32.3 Å². The summed E-state index contributed by atoms with van der Waals surface area (Å²) in [5, 5.41) is 0. The lowest BCUT2D eigenvalue weighted by Gasteiger charge is -2.27. The van der Waals surface area contributed by atoms with Gasteiger partial charge < -0.3 is 4.90 Å². The third kappa shape index (κ3) is 4.05. The van der Waals surface area contributed by atoms with Crippen LogP contribution >= 0.6 is 11.6 Å². The highest BCUT2D eigenvalue weighted by atomic mass is 35.5. The highest BCUT2D eigenvalue weighted by molar-refractivity contribution is 6.17. The van der Waals surface area contributed by atoms with Crippen LogP contribution in [0.5, 0.6) is 0 Å². The van der Waals surface area contributed by atoms with Crippen molar-refractivity contribution in [2.75, 3.05) is 0 Å². The second-order valence-electron chi connectivity index (χ2n) is 5.22. The zero-order valence-electron chi connectivity index (χ0n) is 12.3. The number of rotatable bonds is 5. The highest BCUT2D eigenvalue weighted by Crippen LogP contribution is 2.14. The number of alkyl halides is 1. The molecule has 0 bridgehead atoms. The Morgan fingerprint density at radius 3 is 2.43 bits per heavy atom. The maximum Gasteiger partial charge on any atom is 0.254 e. The van der Waals surface area contributed by atoms with Crippen molar-refractivity contribution in [3.05, 3.63) is 65.5 Å². The van der Waals surface area contributed by atoms with Gasteiger partial charge in [-0.25, -0.2) is 0 Å². The fourth-order valence-corrected chi connectivity index (χ4v) is 2.26. The number of benzene rings is 1. The van der Waals surface area contributed by atoms with Crippen LogP contribution in [0.4, 0.5) is 0 Å². The monoisotopic (exact) mass is 302 g/mol. The van der Waals surface area contributed by atoms with Gasteiger partial charge in [0.2, 0.25) is 0 Å². The molecule has 0 radical (unpaired) electrons. The zero-order valence-corrected chi connectivity index (χ0v) is 13.0. The van der Waals surface area contributed by atoms with Crippen LogP contribution in [-0.4, -0.2) is 21.8 Å². The summed E-state index contributed by atoms with van der Waals surface area (Å²) in [4.78, 5) is 18.6. The molecule has 0 spiro atoms. The molecule has 2 rings (SSSR count). The van der Waals surface area contributed by atoms with Gasteiger partial charge in [-0.05, 0) is 43.2 Å². The molecule has 1 heterocycles. The lowest BCUT2D eigenvalue weighted by atomic mass is 10.1. The first-order valence-corrected chi connectivity index (χ1v) is 7.50. The Morgan fingerprint density at radius 1 is 1.19 bits per heavy atom. The molecule has 0 saturated heterocycles. The predicted molar refractivity (Wildman–Crippen MR) is 85.2 cm³/mol. The normalized spacial score (nSPS) is 10.7. The van der Waals surface area contributed by atoms with Crippen molar-refractivity contribution in [1.29, 1.82) is 0 Å². The van der Waals surface area contributed by atoms with Crippen molar-refractivity contribution in [3.63, 3.8) is 0 Å². The van der Waals surface area contributed by atoms with Gasteiger partial charge in [-0.3, -0.25) is 9.78 Å². The van der Waals surface area contributed by atoms with Crippen LogP contribution in [0.1, 0.15) is 35.3 Å². The molecule has 1 amide bonds. The quantitative estimate of drug-likeness (QED) is 0.786. The van der Waals surface area contributed by atoms with Crippen molar-refractivity contribution in [2.24, 2.45) is 0 Å². The number of nitrogens with zero attached hydrogens (tertiary/aromatic N) is 2. The molecule has 2 aromatic rings. The summed E-state index contributed by atoms with van der Waals surface area (Å²) in [6, 6.07) is 11.4. The van der Waals surface area contributed by atoms with Crippen LogP contribution in [0.25, 0.3) is 0 Å². The summed E-state index contributed by atoms with van der Waals surface area (Å²) in [5.41, 5.74) is 2.72. The summed E-state index contributed by atoms with van der Waals surface area (Å²) >= 11 is 5.78. The van der Waals surface area contributed by atoms with E-state index in [-0.39, 0.29) is 11.9 Å². The molecule has 0 fully saturated rings. The van der Waals surface area contributed by atoms with Crippen LogP contribution in [-0.2, 0) is 12.4 Å². The standard InChI is InChI=1S/C17H19ClN2O/c1-13(2)20(12-15-4-3-9-19-11-15)17(21)16-7-5-14(10-18)6-8-16/h3-9,11,13H,10,12H2,1-2H3. The molecule has 0 aliphatic rings. The summed E-state index contributed by atoms with van der Waals surface area (Å²) in [7, 11) is 0.